The Labute approximate surface area is 84.5 Å². The van der Waals surface area contributed by atoms with Gasteiger partial charge in [-0.15, -0.1) is 0 Å². The predicted molar refractivity (Wildman–Crippen MR) is 53.8 cm³/mol. The topological polar surface area (TPSA) is 30.7 Å². The van der Waals surface area contributed by atoms with Gasteiger partial charge in [-0.2, -0.15) is 5.10 Å². The van der Waals surface area contributed by atoms with Gasteiger partial charge in [0, 0.05) is 0 Å². The lowest BCUT2D eigenvalue weighted by molar-refractivity contribution is 0.844. The molecular formula is C9H8BrN3. The van der Waals surface area contributed by atoms with Crippen molar-refractivity contribution in [2.24, 2.45) is 0 Å². The van der Waals surface area contributed by atoms with Crippen LogP contribution in [0.3, 0.4) is 0 Å². The number of rotatable bonds is 1. The number of benzene rings is 1. The molecule has 0 amide bonds. The molecule has 0 fully saturated rings. The maximum absolute atomic E-state index is 4.24. The molecule has 0 aliphatic heterocycles. The zero-order valence-corrected chi connectivity index (χ0v) is 8.69. The number of hydrogen-bond acceptors (Lipinski definition) is 2. The van der Waals surface area contributed by atoms with Crippen LogP contribution < -0.4 is 0 Å². The van der Waals surface area contributed by atoms with Crippen molar-refractivity contribution in [1.82, 2.24) is 14.8 Å². The standard InChI is InChI=1S/C9H8BrN3/c1-7-11-9(10)13(12-7)8-5-3-2-4-6-8/h2-6H,1H3. The molecule has 66 valence electrons. The van der Waals surface area contributed by atoms with Crippen LogP contribution in [-0.2, 0) is 0 Å². The summed E-state index contributed by atoms with van der Waals surface area (Å²) in [6, 6.07) is 9.89. The Morgan fingerprint density at radius 3 is 2.46 bits per heavy atom. The maximum Gasteiger partial charge on any atom is 0.200 e. The zero-order chi connectivity index (χ0) is 9.26. The van der Waals surface area contributed by atoms with Crippen LogP contribution in [0, 0.1) is 6.92 Å². The molecule has 0 N–H and O–H groups in total. The lowest BCUT2D eigenvalue weighted by atomic mass is 10.3. The van der Waals surface area contributed by atoms with Gasteiger partial charge in [0.15, 0.2) is 4.73 Å². The monoisotopic (exact) mass is 237 g/mol. The zero-order valence-electron chi connectivity index (χ0n) is 7.11. The van der Waals surface area contributed by atoms with Crippen LogP contribution in [0.25, 0.3) is 5.69 Å². The lowest BCUT2D eigenvalue weighted by Gasteiger charge is -1.99. The van der Waals surface area contributed by atoms with Crippen LogP contribution in [0.1, 0.15) is 5.82 Å². The van der Waals surface area contributed by atoms with E-state index in [4.69, 9.17) is 0 Å². The van der Waals surface area contributed by atoms with E-state index in [0.29, 0.717) is 0 Å². The molecule has 0 aliphatic rings. The van der Waals surface area contributed by atoms with Crippen LogP contribution >= 0.6 is 15.9 Å². The molecule has 0 unspecified atom stereocenters. The summed E-state index contributed by atoms with van der Waals surface area (Å²) in [7, 11) is 0. The summed E-state index contributed by atoms with van der Waals surface area (Å²) in [5.74, 6) is 0.760. The van der Waals surface area contributed by atoms with Crippen molar-refractivity contribution in [3.8, 4) is 5.69 Å². The molecule has 2 aromatic rings. The first-order chi connectivity index (χ1) is 6.27. The van der Waals surface area contributed by atoms with E-state index in [-0.39, 0.29) is 0 Å². The number of nitrogens with zero attached hydrogens (tertiary/aromatic N) is 3. The van der Waals surface area contributed by atoms with E-state index in [1.54, 1.807) is 4.68 Å². The molecule has 0 saturated heterocycles. The smallest absolute Gasteiger partial charge is 0.200 e. The number of aromatic nitrogens is 3. The van der Waals surface area contributed by atoms with Gasteiger partial charge < -0.3 is 0 Å². The van der Waals surface area contributed by atoms with Crippen LogP contribution in [-0.4, -0.2) is 14.8 Å². The molecule has 0 spiro atoms. The Bertz CT molecular complexity index is 408. The molecule has 0 saturated carbocycles. The van der Waals surface area contributed by atoms with E-state index in [0.717, 1.165) is 16.2 Å². The molecule has 1 heterocycles. The van der Waals surface area contributed by atoms with Crippen molar-refractivity contribution in [1.29, 1.82) is 0 Å². The second-order valence-corrected chi connectivity index (χ2v) is 3.38. The predicted octanol–water partition coefficient (Wildman–Crippen LogP) is 2.34. The SMILES string of the molecule is Cc1nc(Br)n(-c2ccccc2)n1. The van der Waals surface area contributed by atoms with Crippen LogP contribution in [0.4, 0.5) is 0 Å². The highest BCUT2D eigenvalue weighted by molar-refractivity contribution is 9.10. The fourth-order valence-electron chi connectivity index (χ4n) is 1.12. The van der Waals surface area contributed by atoms with E-state index in [1.807, 2.05) is 37.3 Å². The Morgan fingerprint density at radius 2 is 1.92 bits per heavy atom. The second kappa shape index (κ2) is 3.30. The van der Waals surface area contributed by atoms with Gasteiger partial charge in [0.1, 0.15) is 5.82 Å². The first kappa shape index (κ1) is 8.44. The molecule has 1 aromatic heterocycles. The van der Waals surface area contributed by atoms with Crippen molar-refractivity contribution in [2.45, 2.75) is 6.92 Å². The number of aryl methyl sites for hydroxylation is 1. The average molecular weight is 238 g/mol. The quantitative estimate of drug-likeness (QED) is 0.763. The second-order valence-electron chi connectivity index (χ2n) is 2.68. The summed E-state index contributed by atoms with van der Waals surface area (Å²) in [5.41, 5.74) is 1.01. The van der Waals surface area contributed by atoms with Crippen molar-refractivity contribution in [3.63, 3.8) is 0 Å². The van der Waals surface area contributed by atoms with Crippen molar-refractivity contribution in [2.75, 3.05) is 0 Å². The average Bonchev–Trinajstić information content (AvgIpc) is 2.47. The summed E-state index contributed by atoms with van der Waals surface area (Å²) in [6.07, 6.45) is 0. The van der Waals surface area contributed by atoms with Crippen LogP contribution in [0.2, 0.25) is 0 Å². The summed E-state index contributed by atoms with van der Waals surface area (Å²) < 4.78 is 2.49. The lowest BCUT2D eigenvalue weighted by Crippen LogP contribution is -1.95. The summed E-state index contributed by atoms with van der Waals surface area (Å²) in [6.45, 7) is 1.87. The Balaban J connectivity index is 2.53. The highest BCUT2D eigenvalue weighted by Crippen LogP contribution is 2.13. The molecule has 1 aromatic carbocycles. The highest BCUT2D eigenvalue weighted by atomic mass is 79.9. The van der Waals surface area contributed by atoms with Gasteiger partial charge >= 0.3 is 0 Å². The number of halogens is 1. The van der Waals surface area contributed by atoms with Crippen LogP contribution in [0.5, 0.6) is 0 Å². The minimum atomic E-state index is 0.733. The van der Waals surface area contributed by atoms with Gasteiger partial charge in [-0.1, -0.05) is 18.2 Å². The summed E-state index contributed by atoms with van der Waals surface area (Å²) >= 11 is 3.34. The third-order valence-corrected chi connectivity index (χ3v) is 2.19. The van der Waals surface area contributed by atoms with Gasteiger partial charge in [0.2, 0.25) is 0 Å². The Hall–Kier alpha value is -1.16. The first-order valence-corrected chi connectivity index (χ1v) is 4.71. The highest BCUT2D eigenvalue weighted by Gasteiger charge is 2.04. The van der Waals surface area contributed by atoms with Crippen molar-refractivity contribution in [3.05, 3.63) is 40.9 Å². The molecule has 0 bridgehead atoms. The fraction of sp³-hybridized carbons (Fsp3) is 0.111. The van der Waals surface area contributed by atoms with Crippen molar-refractivity contribution < 1.29 is 0 Å². The first-order valence-electron chi connectivity index (χ1n) is 3.92. The number of para-hydroxylation sites is 1. The third-order valence-electron chi connectivity index (χ3n) is 1.67. The fourth-order valence-corrected chi connectivity index (χ4v) is 1.66. The van der Waals surface area contributed by atoms with Gasteiger partial charge in [0.25, 0.3) is 0 Å². The Kier molecular flexibility index (Phi) is 2.14. The van der Waals surface area contributed by atoms with E-state index >= 15 is 0 Å². The third kappa shape index (κ3) is 1.62. The molecule has 2 rings (SSSR count). The molecule has 0 aliphatic carbocycles. The van der Waals surface area contributed by atoms with E-state index < -0.39 is 0 Å². The van der Waals surface area contributed by atoms with E-state index in [2.05, 4.69) is 26.0 Å². The molecular weight excluding hydrogens is 230 g/mol. The molecule has 3 nitrogen and oxygen atoms in total. The molecule has 4 heteroatoms. The normalized spacial score (nSPS) is 10.3. The summed E-state index contributed by atoms with van der Waals surface area (Å²) in [4.78, 5) is 4.16. The largest absolute Gasteiger partial charge is 0.207 e. The van der Waals surface area contributed by atoms with Gasteiger partial charge in [-0.3, -0.25) is 0 Å². The molecule has 0 radical (unpaired) electrons. The molecule has 13 heavy (non-hydrogen) atoms. The van der Waals surface area contributed by atoms with Crippen LogP contribution in [0.15, 0.2) is 35.1 Å². The van der Waals surface area contributed by atoms with Gasteiger partial charge in [0.05, 0.1) is 5.69 Å². The number of hydrogen-bond donors (Lipinski definition) is 0. The minimum Gasteiger partial charge on any atom is -0.207 e. The summed E-state index contributed by atoms with van der Waals surface area (Å²) in [5, 5.41) is 4.24. The van der Waals surface area contributed by atoms with Gasteiger partial charge in [-0.05, 0) is 35.0 Å². The van der Waals surface area contributed by atoms with E-state index in [1.165, 1.54) is 0 Å². The van der Waals surface area contributed by atoms with Gasteiger partial charge in [-0.25, -0.2) is 9.67 Å². The molecule has 0 atom stereocenters. The maximum atomic E-state index is 4.24. The Morgan fingerprint density at radius 1 is 1.23 bits per heavy atom. The van der Waals surface area contributed by atoms with Crippen molar-refractivity contribution >= 4 is 15.9 Å². The van der Waals surface area contributed by atoms with E-state index in [9.17, 15) is 0 Å². The minimum absolute atomic E-state index is 0.733.